The molecule has 1 radical (unpaired) electrons. The van der Waals surface area contributed by atoms with E-state index < -0.39 is 6.08 Å². The molecule has 0 aliphatic heterocycles. The van der Waals surface area contributed by atoms with Crippen molar-refractivity contribution in [2.24, 2.45) is 0 Å². The van der Waals surface area contributed by atoms with Gasteiger partial charge < -0.3 is 0 Å². The van der Waals surface area contributed by atoms with Crippen molar-refractivity contribution < 1.29 is 8.78 Å². The van der Waals surface area contributed by atoms with E-state index in [-0.39, 0.29) is 0 Å². The van der Waals surface area contributed by atoms with E-state index in [0.29, 0.717) is 6.42 Å². The van der Waals surface area contributed by atoms with Crippen molar-refractivity contribution in [2.75, 3.05) is 5.75 Å². The van der Waals surface area contributed by atoms with Crippen LogP contribution < -0.4 is 0 Å². The van der Waals surface area contributed by atoms with Crippen LogP contribution in [0.25, 0.3) is 0 Å². The lowest BCUT2D eigenvalue weighted by atomic mass is 10.3. The van der Waals surface area contributed by atoms with Gasteiger partial charge in [0, 0.05) is 5.75 Å². The Labute approximate surface area is 64.7 Å². The van der Waals surface area contributed by atoms with Crippen LogP contribution in [0.15, 0.2) is 12.2 Å². The second-order valence-electron chi connectivity index (χ2n) is 1.74. The molecular formula is C7H11F2S. The minimum absolute atomic E-state index is 0.489. The Morgan fingerprint density at radius 2 is 2.20 bits per heavy atom. The fourth-order valence-corrected chi connectivity index (χ4v) is 1.06. The van der Waals surface area contributed by atoms with Gasteiger partial charge in [0.25, 0.3) is 6.08 Å². The molecule has 0 unspecified atom stereocenters. The van der Waals surface area contributed by atoms with E-state index in [1.807, 2.05) is 12.7 Å². The standard InChI is InChI=1S/C7H11F2S/c1-2-10-6-4-3-5-7(8)9/h2,5H,3-4,6H2,1H3. The number of rotatable bonds is 5. The molecule has 0 aliphatic carbocycles. The molecule has 0 amide bonds. The van der Waals surface area contributed by atoms with Gasteiger partial charge >= 0.3 is 0 Å². The number of halogens is 2. The summed E-state index contributed by atoms with van der Waals surface area (Å²) in [5.74, 6) is 2.90. The summed E-state index contributed by atoms with van der Waals surface area (Å²) in [6, 6.07) is 0. The number of thioether (sulfide) groups is 1. The third kappa shape index (κ3) is 7.95. The van der Waals surface area contributed by atoms with E-state index in [4.69, 9.17) is 0 Å². The molecule has 0 rings (SSSR count). The van der Waals surface area contributed by atoms with Crippen LogP contribution in [0, 0.1) is 5.75 Å². The van der Waals surface area contributed by atoms with Crippen LogP contribution >= 0.6 is 11.8 Å². The topological polar surface area (TPSA) is 0 Å². The highest BCUT2D eigenvalue weighted by molar-refractivity contribution is 8.01. The van der Waals surface area contributed by atoms with E-state index in [1.54, 1.807) is 11.8 Å². The molecule has 10 heavy (non-hydrogen) atoms. The van der Waals surface area contributed by atoms with Crippen LogP contribution in [-0.4, -0.2) is 5.75 Å². The molecule has 0 nitrogen and oxygen atoms in total. The van der Waals surface area contributed by atoms with Crippen LogP contribution in [0.1, 0.15) is 19.8 Å². The molecule has 0 spiro atoms. The van der Waals surface area contributed by atoms with Gasteiger partial charge in [0.05, 0.1) is 0 Å². The van der Waals surface area contributed by atoms with Crippen molar-refractivity contribution in [3.8, 4) is 0 Å². The fraction of sp³-hybridized carbons (Fsp3) is 0.571. The Bertz CT molecular complexity index is 97.8. The lowest BCUT2D eigenvalue weighted by molar-refractivity contribution is 0.417. The number of unbranched alkanes of at least 4 members (excludes halogenated alkanes) is 1. The molecule has 0 saturated carbocycles. The molecule has 0 atom stereocenters. The van der Waals surface area contributed by atoms with Crippen molar-refractivity contribution in [1.29, 1.82) is 0 Å². The van der Waals surface area contributed by atoms with Gasteiger partial charge in [-0.15, -0.1) is 0 Å². The monoisotopic (exact) mass is 165 g/mol. The average molecular weight is 165 g/mol. The first-order valence-corrected chi connectivity index (χ1v) is 4.23. The molecule has 3 heteroatoms. The largest absolute Gasteiger partial charge is 0.266 e. The molecule has 0 aromatic rings. The van der Waals surface area contributed by atoms with E-state index in [0.717, 1.165) is 18.2 Å². The molecule has 59 valence electrons. The Balaban J connectivity index is 2.98. The summed E-state index contributed by atoms with van der Waals surface area (Å²) < 4.78 is 22.8. The number of hydrogen-bond donors (Lipinski definition) is 0. The minimum atomic E-state index is -1.56. The summed E-state index contributed by atoms with van der Waals surface area (Å²) >= 11 is 1.66. The predicted molar refractivity (Wildman–Crippen MR) is 42.0 cm³/mol. The number of hydrogen-bond acceptors (Lipinski definition) is 1. The minimum Gasteiger partial charge on any atom is -0.174 e. The highest BCUT2D eigenvalue weighted by Gasteiger charge is 1.88. The summed E-state index contributed by atoms with van der Waals surface area (Å²) in [7, 11) is 0. The Kier molecular flexibility index (Phi) is 7.03. The first-order valence-electron chi connectivity index (χ1n) is 3.18. The predicted octanol–water partition coefficient (Wildman–Crippen LogP) is 3.46. The molecule has 0 N–H and O–H groups in total. The first kappa shape index (κ1) is 9.95. The molecule has 0 fully saturated rings. The summed E-state index contributed by atoms with van der Waals surface area (Å²) in [6.45, 7) is 1.94. The lowest BCUT2D eigenvalue weighted by Crippen LogP contribution is -1.76. The third-order valence-corrected chi connectivity index (χ3v) is 1.79. The van der Waals surface area contributed by atoms with Crippen LogP contribution in [-0.2, 0) is 0 Å². The van der Waals surface area contributed by atoms with Crippen molar-refractivity contribution in [3.63, 3.8) is 0 Å². The molecular weight excluding hydrogens is 154 g/mol. The highest BCUT2D eigenvalue weighted by atomic mass is 32.2. The highest BCUT2D eigenvalue weighted by Crippen LogP contribution is 2.09. The van der Waals surface area contributed by atoms with Crippen molar-refractivity contribution in [1.82, 2.24) is 0 Å². The van der Waals surface area contributed by atoms with Gasteiger partial charge in [-0.1, -0.05) is 6.92 Å². The maximum Gasteiger partial charge on any atom is 0.266 e. The average Bonchev–Trinajstić information content (AvgIpc) is 1.87. The van der Waals surface area contributed by atoms with E-state index in [1.165, 1.54) is 0 Å². The van der Waals surface area contributed by atoms with Gasteiger partial charge in [-0.25, -0.2) is 0 Å². The second-order valence-corrected chi connectivity index (χ2v) is 2.96. The molecule has 0 bridgehead atoms. The zero-order valence-corrected chi connectivity index (χ0v) is 6.76. The zero-order chi connectivity index (χ0) is 7.82. The Morgan fingerprint density at radius 3 is 2.70 bits per heavy atom. The van der Waals surface area contributed by atoms with Gasteiger partial charge in [0.1, 0.15) is 0 Å². The lowest BCUT2D eigenvalue weighted by Gasteiger charge is -1.92. The van der Waals surface area contributed by atoms with Gasteiger partial charge in [0.2, 0.25) is 0 Å². The van der Waals surface area contributed by atoms with Crippen molar-refractivity contribution in [3.05, 3.63) is 17.9 Å². The SMILES string of the molecule is C[CH]SCCCC=C(F)F. The van der Waals surface area contributed by atoms with Crippen LogP contribution in [0.4, 0.5) is 8.78 Å². The molecule has 0 heterocycles. The first-order chi connectivity index (χ1) is 4.77. The van der Waals surface area contributed by atoms with Gasteiger partial charge in [-0.3, -0.25) is 0 Å². The molecule has 0 saturated heterocycles. The van der Waals surface area contributed by atoms with E-state index in [9.17, 15) is 8.78 Å². The Hall–Kier alpha value is -0.0500. The van der Waals surface area contributed by atoms with E-state index >= 15 is 0 Å². The summed E-state index contributed by atoms with van der Waals surface area (Å²) in [5, 5.41) is 0. The maximum atomic E-state index is 11.4. The van der Waals surface area contributed by atoms with Crippen LogP contribution in [0.5, 0.6) is 0 Å². The second kappa shape index (κ2) is 7.06. The normalized spacial score (nSPS) is 9.50. The van der Waals surface area contributed by atoms with Crippen LogP contribution in [0.3, 0.4) is 0 Å². The summed E-state index contributed by atoms with van der Waals surface area (Å²) in [4.78, 5) is 0. The van der Waals surface area contributed by atoms with Crippen molar-refractivity contribution >= 4 is 11.8 Å². The van der Waals surface area contributed by atoms with E-state index in [2.05, 4.69) is 0 Å². The summed E-state index contributed by atoms with van der Waals surface area (Å²) in [6.07, 6.45) is 0.719. The van der Waals surface area contributed by atoms with Gasteiger partial charge in [0.15, 0.2) is 0 Å². The quantitative estimate of drug-likeness (QED) is 0.562. The molecule has 0 aromatic heterocycles. The Morgan fingerprint density at radius 1 is 1.50 bits per heavy atom. The van der Waals surface area contributed by atoms with Crippen LogP contribution in [0.2, 0.25) is 0 Å². The van der Waals surface area contributed by atoms with Crippen molar-refractivity contribution in [2.45, 2.75) is 19.8 Å². The summed E-state index contributed by atoms with van der Waals surface area (Å²) in [5.41, 5.74) is 0. The zero-order valence-electron chi connectivity index (χ0n) is 5.94. The third-order valence-electron chi connectivity index (χ3n) is 0.932. The molecule has 0 aromatic carbocycles. The van der Waals surface area contributed by atoms with Gasteiger partial charge in [-0.2, -0.15) is 20.5 Å². The number of allylic oxidation sites excluding steroid dienone is 1. The maximum absolute atomic E-state index is 11.4. The van der Waals surface area contributed by atoms with Gasteiger partial charge in [-0.05, 0) is 24.7 Å². The smallest absolute Gasteiger partial charge is 0.174 e. The molecule has 0 aliphatic rings. The fourth-order valence-electron chi connectivity index (χ4n) is 0.496.